The lowest BCUT2D eigenvalue weighted by Gasteiger charge is -2.18. The highest BCUT2D eigenvalue weighted by atomic mass is 32.1. The fourth-order valence-electron chi connectivity index (χ4n) is 3.07. The minimum absolute atomic E-state index is 0.144. The monoisotopic (exact) mass is 342 g/mol. The number of hydrogen-bond acceptors (Lipinski definition) is 3. The molecule has 2 amide bonds. The van der Waals surface area contributed by atoms with E-state index in [4.69, 9.17) is 0 Å². The number of hydrogen-bond donors (Lipinski definition) is 2. The third-order valence-electron chi connectivity index (χ3n) is 4.34. The van der Waals surface area contributed by atoms with E-state index < -0.39 is 0 Å². The van der Waals surface area contributed by atoms with Gasteiger partial charge in [0.25, 0.3) is 5.91 Å². The summed E-state index contributed by atoms with van der Waals surface area (Å²) in [4.78, 5) is 25.6. The van der Waals surface area contributed by atoms with Crippen LogP contribution in [0.25, 0.3) is 0 Å². The number of carbonyl (C=O) groups is 2. The van der Waals surface area contributed by atoms with Gasteiger partial charge in [-0.25, -0.2) is 0 Å². The van der Waals surface area contributed by atoms with E-state index in [1.165, 1.54) is 11.8 Å². The second kappa shape index (κ2) is 6.77. The minimum Gasteiger partial charge on any atom is -0.322 e. The van der Waals surface area contributed by atoms with Crippen LogP contribution in [0, 0.1) is 12.8 Å². The molecule has 0 spiro atoms. The third-order valence-corrected chi connectivity index (χ3v) is 5.51. The highest BCUT2D eigenvalue weighted by Gasteiger charge is 2.28. The maximum absolute atomic E-state index is 12.9. The van der Waals surface area contributed by atoms with Crippen molar-refractivity contribution in [1.82, 2.24) is 0 Å². The van der Waals surface area contributed by atoms with Crippen LogP contribution in [-0.4, -0.2) is 11.8 Å². The first-order valence-corrected chi connectivity index (χ1v) is 9.06. The van der Waals surface area contributed by atoms with Gasteiger partial charge in [0.05, 0.1) is 5.56 Å². The summed E-state index contributed by atoms with van der Waals surface area (Å²) in [6.45, 7) is 5.71. The van der Waals surface area contributed by atoms with Crippen molar-refractivity contribution in [3.8, 4) is 0 Å². The Morgan fingerprint density at radius 2 is 1.88 bits per heavy atom. The molecule has 2 aromatic rings. The average Bonchev–Trinajstić information content (AvgIpc) is 2.85. The summed E-state index contributed by atoms with van der Waals surface area (Å²) >= 11 is 1.54. The van der Waals surface area contributed by atoms with Gasteiger partial charge in [0, 0.05) is 17.5 Å². The Bertz CT molecular complexity index is 777. The molecule has 1 aliphatic rings. The van der Waals surface area contributed by atoms with Crippen LogP contribution in [-0.2, 0) is 17.6 Å². The van der Waals surface area contributed by atoms with Gasteiger partial charge < -0.3 is 10.6 Å². The fourth-order valence-corrected chi connectivity index (χ4v) is 4.52. The second-order valence-electron chi connectivity index (χ2n) is 6.56. The summed E-state index contributed by atoms with van der Waals surface area (Å²) in [5.74, 6) is 0.329. The zero-order chi connectivity index (χ0) is 17.3. The van der Waals surface area contributed by atoms with E-state index >= 15 is 0 Å². The maximum Gasteiger partial charge on any atom is 0.258 e. The van der Waals surface area contributed by atoms with E-state index in [1.54, 1.807) is 11.3 Å². The normalized spacial score (nSPS) is 16.4. The van der Waals surface area contributed by atoms with Crippen molar-refractivity contribution >= 4 is 33.8 Å². The minimum atomic E-state index is -0.147. The Balaban J connectivity index is 1.93. The Hall–Kier alpha value is -2.14. The summed E-state index contributed by atoms with van der Waals surface area (Å²) in [7, 11) is 0. The van der Waals surface area contributed by atoms with E-state index in [9.17, 15) is 9.59 Å². The van der Waals surface area contributed by atoms with Crippen LogP contribution >= 0.6 is 11.3 Å². The summed E-state index contributed by atoms with van der Waals surface area (Å²) in [6, 6.07) is 7.72. The largest absolute Gasteiger partial charge is 0.322 e. The Labute approximate surface area is 146 Å². The standard InChI is InChI=1S/C19H22N2O2S/c1-11-4-7-14(8-5-11)21-18(23)17-15-9-6-12(2)10-16(15)24-19(17)20-13(3)22/h4-5,7-8,12H,6,9-10H2,1-3H3,(H,20,22)(H,21,23)/t12-/m1/s1. The molecule has 1 aliphatic carbocycles. The molecule has 2 N–H and O–H groups in total. The number of carbonyl (C=O) groups excluding carboxylic acids is 2. The molecule has 1 atom stereocenters. The van der Waals surface area contributed by atoms with Crippen LogP contribution in [0.3, 0.4) is 0 Å². The van der Waals surface area contributed by atoms with Gasteiger partial charge in [-0.3, -0.25) is 9.59 Å². The van der Waals surface area contributed by atoms with Gasteiger partial charge in [0.15, 0.2) is 0 Å². The van der Waals surface area contributed by atoms with Crippen molar-refractivity contribution in [2.75, 3.05) is 10.6 Å². The molecule has 0 bridgehead atoms. The van der Waals surface area contributed by atoms with Gasteiger partial charge in [0.1, 0.15) is 5.00 Å². The number of fused-ring (bicyclic) bond motifs is 1. The molecule has 1 heterocycles. The number of amides is 2. The van der Waals surface area contributed by atoms with Crippen LogP contribution < -0.4 is 10.6 Å². The number of rotatable bonds is 3. The number of thiophene rings is 1. The van der Waals surface area contributed by atoms with Gasteiger partial charge in [-0.2, -0.15) is 0 Å². The molecule has 5 heteroatoms. The van der Waals surface area contributed by atoms with Crippen LogP contribution in [0.15, 0.2) is 24.3 Å². The summed E-state index contributed by atoms with van der Waals surface area (Å²) in [6.07, 6.45) is 2.95. The molecule has 0 unspecified atom stereocenters. The van der Waals surface area contributed by atoms with Crippen molar-refractivity contribution in [2.45, 2.75) is 40.0 Å². The SMILES string of the molecule is CC(=O)Nc1sc2c(c1C(=O)Nc1ccc(C)cc1)CC[C@@H](C)C2. The highest BCUT2D eigenvalue weighted by molar-refractivity contribution is 7.17. The molecule has 24 heavy (non-hydrogen) atoms. The zero-order valence-electron chi connectivity index (χ0n) is 14.2. The fraction of sp³-hybridized carbons (Fsp3) is 0.368. The number of anilines is 2. The number of aryl methyl sites for hydroxylation is 1. The predicted octanol–water partition coefficient (Wildman–Crippen LogP) is 4.39. The smallest absolute Gasteiger partial charge is 0.258 e. The average molecular weight is 342 g/mol. The van der Waals surface area contributed by atoms with E-state index in [1.807, 2.05) is 31.2 Å². The Morgan fingerprint density at radius 1 is 1.17 bits per heavy atom. The summed E-state index contributed by atoms with van der Waals surface area (Å²) in [5, 5.41) is 6.48. The topological polar surface area (TPSA) is 58.2 Å². The number of nitrogens with one attached hydrogen (secondary N) is 2. The van der Waals surface area contributed by atoms with Crippen molar-refractivity contribution in [1.29, 1.82) is 0 Å². The summed E-state index contributed by atoms with van der Waals surface area (Å²) < 4.78 is 0. The maximum atomic E-state index is 12.9. The lowest BCUT2D eigenvalue weighted by atomic mass is 9.88. The van der Waals surface area contributed by atoms with Crippen LogP contribution in [0.1, 0.15) is 46.6 Å². The Morgan fingerprint density at radius 3 is 2.54 bits per heavy atom. The first-order valence-electron chi connectivity index (χ1n) is 8.24. The molecule has 1 aromatic carbocycles. The molecule has 0 aliphatic heterocycles. The van der Waals surface area contributed by atoms with Crippen molar-refractivity contribution < 1.29 is 9.59 Å². The predicted molar refractivity (Wildman–Crippen MR) is 98.9 cm³/mol. The van der Waals surface area contributed by atoms with Gasteiger partial charge in [-0.15, -0.1) is 11.3 Å². The lowest BCUT2D eigenvalue weighted by Crippen LogP contribution is -2.18. The summed E-state index contributed by atoms with van der Waals surface area (Å²) in [5.41, 5.74) is 3.65. The van der Waals surface area contributed by atoms with Crippen LogP contribution in [0.5, 0.6) is 0 Å². The van der Waals surface area contributed by atoms with Crippen molar-refractivity contribution in [3.63, 3.8) is 0 Å². The van der Waals surface area contributed by atoms with E-state index in [0.29, 0.717) is 16.5 Å². The van der Waals surface area contributed by atoms with Crippen molar-refractivity contribution in [2.24, 2.45) is 5.92 Å². The van der Waals surface area contributed by atoms with E-state index in [2.05, 4.69) is 17.6 Å². The molecule has 0 saturated heterocycles. The lowest BCUT2D eigenvalue weighted by molar-refractivity contribution is -0.114. The molecule has 3 rings (SSSR count). The quantitative estimate of drug-likeness (QED) is 0.869. The zero-order valence-corrected chi connectivity index (χ0v) is 15.0. The molecule has 0 radical (unpaired) electrons. The molecule has 1 aromatic heterocycles. The third kappa shape index (κ3) is 3.51. The Kier molecular flexibility index (Phi) is 4.71. The molecular weight excluding hydrogens is 320 g/mol. The van der Waals surface area contributed by atoms with Crippen LogP contribution in [0.2, 0.25) is 0 Å². The van der Waals surface area contributed by atoms with Gasteiger partial charge in [-0.05, 0) is 49.8 Å². The van der Waals surface area contributed by atoms with E-state index in [0.717, 1.165) is 36.1 Å². The van der Waals surface area contributed by atoms with Crippen molar-refractivity contribution in [3.05, 3.63) is 45.8 Å². The first kappa shape index (κ1) is 16.7. The van der Waals surface area contributed by atoms with Gasteiger partial charge in [0.2, 0.25) is 5.91 Å². The highest BCUT2D eigenvalue weighted by Crippen LogP contribution is 2.40. The van der Waals surface area contributed by atoms with E-state index in [-0.39, 0.29) is 11.8 Å². The molecule has 126 valence electrons. The molecule has 0 fully saturated rings. The molecule has 0 saturated carbocycles. The second-order valence-corrected chi connectivity index (χ2v) is 7.66. The molecular formula is C19H22N2O2S. The van der Waals surface area contributed by atoms with Crippen LogP contribution in [0.4, 0.5) is 10.7 Å². The van der Waals surface area contributed by atoms with Gasteiger partial charge >= 0.3 is 0 Å². The number of benzene rings is 1. The van der Waals surface area contributed by atoms with Gasteiger partial charge in [-0.1, -0.05) is 24.6 Å². The first-order chi connectivity index (χ1) is 11.4. The molecule has 4 nitrogen and oxygen atoms in total.